The molecule has 0 radical (unpaired) electrons. The Morgan fingerprint density at radius 1 is 1.10 bits per heavy atom. The van der Waals surface area contributed by atoms with Crippen molar-refractivity contribution in [1.82, 2.24) is 4.90 Å². The quantitative estimate of drug-likeness (QED) is 0.849. The highest BCUT2D eigenvalue weighted by Crippen LogP contribution is 2.43. The van der Waals surface area contributed by atoms with Crippen molar-refractivity contribution in [2.24, 2.45) is 5.92 Å². The second-order valence-electron chi connectivity index (χ2n) is 6.42. The summed E-state index contributed by atoms with van der Waals surface area (Å²) in [4.78, 5) is 2.39. The van der Waals surface area contributed by atoms with E-state index in [1.165, 1.54) is 19.3 Å². The SMILES string of the molecule is CCN(CC)C(C)C(O)(c1ccccc1)C1CCCCC1. The van der Waals surface area contributed by atoms with Gasteiger partial charge >= 0.3 is 0 Å². The largest absolute Gasteiger partial charge is 0.383 e. The summed E-state index contributed by atoms with van der Waals surface area (Å²) >= 11 is 0. The second kappa shape index (κ2) is 7.42. The minimum absolute atomic E-state index is 0.151. The van der Waals surface area contributed by atoms with Crippen LogP contribution in [0.1, 0.15) is 58.4 Å². The fraction of sp³-hybridized carbons (Fsp3) is 0.684. The Kier molecular flexibility index (Phi) is 5.83. The summed E-state index contributed by atoms with van der Waals surface area (Å²) in [7, 11) is 0. The maximum atomic E-state index is 11.8. The van der Waals surface area contributed by atoms with Gasteiger partial charge in [-0.3, -0.25) is 4.90 Å². The van der Waals surface area contributed by atoms with Crippen molar-refractivity contribution < 1.29 is 5.11 Å². The zero-order valence-electron chi connectivity index (χ0n) is 13.9. The van der Waals surface area contributed by atoms with Crippen LogP contribution in [0.5, 0.6) is 0 Å². The number of nitrogens with zero attached hydrogens (tertiary/aromatic N) is 1. The minimum Gasteiger partial charge on any atom is -0.383 e. The number of aliphatic hydroxyl groups is 1. The average Bonchev–Trinajstić information content (AvgIpc) is 2.56. The highest BCUT2D eigenvalue weighted by molar-refractivity contribution is 5.25. The lowest BCUT2D eigenvalue weighted by Crippen LogP contribution is -2.53. The first-order chi connectivity index (χ1) is 10.1. The molecule has 0 spiro atoms. The van der Waals surface area contributed by atoms with Gasteiger partial charge in [0.2, 0.25) is 0 Å². The third kappa shape index (κ3) is 3.32. The fourth-order valence-corrected chi connectivity index (χ4v) is 4.12. The molecule has 2 nitrogen and oxygen atoms in total. The van der Waals surface area contributed by atoms with E-state index in [0.29, 0.717) is 5.92 Å². The second-order valence-corrected chi connectivity index (χ2v) is 6.42. The lowest BCUT2D eigenvalue weighted by Gasteiger charge is -2.47. The molecule has 1 aliphatic rings. The van der Waals surface area contributed by atoms with Crippen LogP contribution in [0.25, 0.3) is 0 Å². The Bertz CT molecular complexity index is 409. The van der Waals surface area contributed by atoms with E-state index in [1.807, 2.05) is 6.07 Å². The minimum atomic E-state index is -0.728. The van der Waals surface area contributed by atoms with Crippen molar-refractivity contribution in [3.63, 3.8) is 0 Å². The van der Waals surface area contributed by atoms with Crippen molar-refractivity contribution in [3.05, 3.63) is 35.9 Å². The van der Waals surface area contributed by atoms with Gasteiger partial charge in [-0.1, -0.05) is 63.4 Å². The first-order valence-electron chi connectivity index (χ1n) is 8.66. The predicted molar refractivity (Wildman–Crippen MR) is 89.3 cm³/mol. The van der Waals surface area contributed by atoms with E-state index in [9.17, 15) is 5.11 Å². The first kappa shape index (κ1) is 16.5. The number of hydrogen-bond donors (Lipinski definition) is 1. The molecule has 0 heterocycles. The monoisotopic (exact) mass is 289 g/mol. The van der Waals surface area contributed by atoms with E-state index in [0.717, 1.165) is 31.5 Å². The highest BCUT2D eigenvalue weighted by Gasteiger charge is 2.45. The van der Waals surface area contributed by atoms with Crippen molar-refractivity contribution >= 4 is 0 Å². The molecule has 0 aliphatic heterocycles. The number of benzene rings is 1. The molecular formula is C19H31NO. The van der Waals surface area contributed by atoms with Crippen LogP contribution in [-0.2, 0) is 5.60 Å². The van der Waals surface area contributed by atoms with E-state index in [4.69, 9.17) is 0 Å². The molecule has 21 heavy (non-hydrogen) atoms. The molecule has 2 unspecified atom stereocenters. The Morgan fingerprint density at radius 2 is 1.67 bits per heavy atom. The normalized spacial score (nSPS) is 21.2. The van der Waals surface area contributed by atoms with Gasteiger partial charge in [0.15, 0.2) is 0 Å². The summed E-state index contributed by atoms with van der Waals surface area (Å²) < 4.78 is 0. The Labute approximate surface area is 130 Å². The topological polar surface area (TPSA) is 23.5 Å². The van der Waals surface area contributed by atoms with Crippen molar-refractivity contribution in [2.45, 2.75) is 64.5 Å². The molecule has 0 amide bonds. The molecule has 1 N–H and O–H groups in total. The van der Waals surface area contributed by atoms with Gasteiger partial charge in [0.25, 0.3) is 0 Å². The molecule has 1 aromatic rings. The smallest absolute Gasteiger partial charge is 0.108 e. The van der Waals surface area contributed by atoms with E-state index >= 15 is 0 Å². The van der Waals surface area contributed by atoms with E-state index in [1.54, 1.807) is 0 Å². The van der Waals surface area contributed by atoms with Crippen LogP contribution in [0.3, 0.4) is 0 Å². The fourth-order valence-electron chi connectivity index (χ4n) is 4.12. The average molecular weight is 289 g/mol. The summed E-state index contributed by atoms with van der Waals surface area (Å²) in [5.41, 5.74) is 0.365. The molecular weight excluding hydrogens is 258 g/mol. The van der Waals surface area contributed by atoms with Crippen LogP contribution in [-0.4, -0.2) is 29.1 Å². The molecule has 1 saturated carbocycles. The van der Waals surface area contributed by atoms with Gasteiger partial charge in [-0.2, -0.15) is 0 Å². The van der Waals surface area contributed by atoms with Gasteiger partial charge in [-0.15, -0.1) is 0 Å². The molecule has 0 aromatic heterocycles. The molecule has 1 aliphatic carbocycles. The van der Waals surface area contributed by atoms with Crippen molar-refractivity contribution in [2.75, 3.05) is 13.1 Å². The summed E-state index contributed by atoms with van der Waals surface area (Å²) in [5, 5.41) is 11.8. The van der Waals surface area contributed by atoms with Crippen LogP contribution in [0.4, 0.5) is 0 Å². The number of rotatable bonds is 6. The van der Waals surface area contributed by atoms with Gasteiger partial charge in [0, 0.05) is 6.04 Å². The molecule has 1 aromatic carbocycles. The molecule has 1 fully saturated rings. The maximum absolute atomic E-state index is 11.8. The number of likely N-dealkylation sites (N-methyl/N-ethyl adjacent to an activating group) is 1. The van der Waals surface area contributed by atoms with Crippen LogP contribution in [0.2, 0.25) is 0 Å². The Morgan fingerprint density at radius 3 is 2.19 bits per heavy atom. The highest BCUT2D eigenvalue weighted by atomic mass is 16.3. The van der Waals surface area contributed by atoms with Crippen LogP contribution in [0.15, 0.2) is 30.3 Å². The van der Waals surface area contributed by atoms with E-state index in [2.05, 4.69) is 49.9 Å². The van der Waals surface area contributed by atoms with Crippen LogP contribution >= 0.6 is 0 Å². The van der Waals surface area contributed by atoms with Crippen molar-refractivity contribution in [3.8, 4) is 0 Å². The molecule has 118 valence electrons. The van der Waals surface area contributed by atoms with Gasteiger partial charge in [0.05, 0.1) is 0 Å². The van der Waals surface area contributed by atoms with Gasteiger partial charge < -0.3 is 5.11 Å². The van der Waals surface area contributed by atoms with Gasteiger partial charge in [-0.25, -0.2) is 0 Å². The first-order valence-corrected chi connectivity index (χ1v) is 8.66. The maximum Gasteiger partial charge on any atom is 0.108 e. The summed E-state index contributed by atoms with van der Waals surface area (Å²) in [6.07, 6.45) is 6.13. The van der Waals surface area contributed by atoms with Gasteiger partial charge in [-0.05, 0) is 44.3 Å². The van der Waals surface area contributed by atoms with Gasteiger partial charge in [0.1, 0.15) is 5.60 Å². The van der Waals surface area contributed by atoms with Crippen LogP contribution in [0, 0.1) is 5.92 Å². The molecule has 0 bridgehead atoms. The summed E-state index contributed by atoms with van der Waals surface area (Å²) in [6.45, 7) is 8.55. The van der Waals surface area contributed by atoms with Crippen molar-refractivity contribution in [1.29, 1.82) is 0 Å². The molecule has 2 atom stereocenters. The molecule has 2 rings (SSSR count). The molecule has 2 heteroatoms. The predicted octanol–water partition coefficient (Wildman–Crippen LogP) is 4.18. The number of hydrogen-bond acceptors (Lipinski definition) is 2. The zero-order valence-corrected chi connectivity index (χ0v) is 13.9. The third-order valence-electron chi connectivity index (χ3n) is 5.46. The summed E-state index contributed by atoms with van der Waals surface area (Å²) in [6, 6.07) is 10.5. The Balaban J connectivity index is 2.37. The zero-order chi connectivity index (χ0) is 15.3. The lowest BCUT2D eigenvalue weighted by molar-refractivity contribution is -0.0989. The van der Waals surface area contributed by atoms with E-state index < -0.39 is 5.60 Å². The third-order valence-corrected chi connectivity index (χ3v) is 5.46. The van der Waals surface area contributed by atoms with E-state index in [-0.39, 0.29) is 6.04 Å². The summed E-state index contributed by atoms with van der Waals surface area (Å²) in [5.74, 6) is 0.379. The van der Waals surface area contributed by atoms with Crippen LogP contribution < -0.4 is 0 Å². The lowest BCUT2D eigenvalue weighted by atomic mass is 9.69. The molecule has 0 saturated heterocycles. The Hall–Kier alpha value is -0.860. The standard InChI is InChI=1S/C19H31NO/c1-4-20(5-2)16(3)19(21,17-12-8-6-9-13-17)18-14-10-7-11-15-18/h6,8-9,12-13,16,18,21H,4-5,7,10-11,14-15H2,1-3H3.